The van der Waals surface area contributed by atoms with Crippen LogP contribution in [0.1, 0.15) is 18.2 Å². The molecule has 1 aromatic heterocycles. The predicted octanol–water partition coefficient (Wildman–Crippen LogP) is 3.74. The van der Waals surface area contributed by atoms with Crippen LogP contribution in [0.5, 0.6) is 0 Å². The zero-order chi connectivity index (χ0) is 13.7. The van der Waals surface area contributed by atoms with E-state index < -0.39 is 0 Å². The minimum absolute atomic E-state index is 0.196. The van der Waals surface area contributed by atoms with Crippen LogP contribution >= 0.6 is 11.3 Å². The highest BCUT2D eigenvalue weighted by Gasteiger charge is 2.09. The lowest BCUT2D eigenvalue weighted by Crippen LogP contribution is -2.16. The van der Waals surface area contributed by atoms with E-state index in [0.29, 0.717) is 12.2 Å². The first-order chi connectivity index (χ1) is 9.20. The predicted molar refractivity (Wildman–Crippen MR) is 79.4 cm³/mol. The molecule has 0 aliphatic rings. The van der Waals surface area contributed by atoms with Gasteiger partial charge in [-0.25, -0.2) is 9.37 Å². The largest absolute Gasteiger partial charge is 0.367 e. The smallest absolute Gasteiger partial charge is 0.182 e. The molecular formula is C14H18FN3S. The van der Waals surface area contributed by atoms with E-state index in [-0.39, 0.29) is 5.82 Å². The first kappa shape index (κ1) is 13.8. The van der Waals surface area contributed by atoms with Crippen molar-refractivity contribution in [2.24, 2.45) is 0 Å². The Morgan fingerprint density at radius 2 is 2.16 bits per heavy atom. The van der Waals surface area contributed by atoms with Gasteiger partial charge in [0.15, 0.2) is 5.13 Å². The van der Waals surface area contributed by atoms with Gasteiger partial charge in [0.05, 0.1) is 12.2 Å². The highest BCUT2D eigenvalue weighted by molar-refractivity contribution is 7.15. The van der Waals surface area contributed by atoms with Gasteiger partial charge >= 0.3 is 0 Å². The Kier molecular flexibility index (Phi) is 4.74. The van der Waals surface area contributed by atoms with Crippen LogP contribution in [-0.4, -0.2) is 18.6 Å². The van der Waals surface area contributed by atoms with Crippen molar-refractivity contribution in [2.75, 3.05) is 23.8 Å². The Bertz CT molecular complexity index is 527. The number of nitrogens with zero attached hydrogens (tertiary/aromatic N) is 2. The average molecular weight is 279 g/mol. The van der Waals surface area contributed by atoms with E-state index in [1.807, 2.05) is 24.2 Å². The van der Waals surface area contributed by atoms with Crippen molar-refractivity contribution in [3.8, 4) is 0 Å². The Labute approximate surface area is 117 Å². The fourth-order valence-corrected chi connectivity index (χ4v) is 2.67. The van der Waals surface area contributed by atoms with E-state index in [1.54, 1.807) is 23.5 Å². The molecule has 1 N–H and O–H groups in total. The molecule has 0 saturated carbocycles. The number of halogens is 1. The van der Waals surface area contributed by atoms with Crippen LogP contribution in [0.2, 0.25) is 0 Å². The fraction of sp³-hybridized carbons (Fsp3) is 0.357. The van der Waals surface area contributed by atoms with Crippen molar-refractivity contribution in [3.63, 3.8) is 0 Å². The molecule has 0 aliphatic heterocycles. The molecule has 0 spiro atoms. The lowest BCUT2D eigenvalue weighted by Gasteiger charge is -2.18. The summed E-state index contributed by atoms with van der Waals surface area (Å²) in [4.78, 5) is 7.32. The molecule has 0 fully saturated rings. The van der Waals surface area contributed by atoms with Crippen LogP contribution in [0.3, 0.4) is 0 Å². The molecule has 2 rings (SSSR count). The highest BCUT2D eigenvalue weighted by atomic mass is 32.1. The van der Waals surface area contributed by atoms with Gasteiger partial charge in [0.1, 0.15) is 5.82 Å². The van der Waals surface area contributed by atoms with Gasteiger partial charge in [-0.15, -0.1) is 11.3 Å². The van der Waals surface area contributed by atoms with E-state index in [4.69, 9.17) is 0 Å². The van der Waals surface area contributed by atoms with Crippen LogP contribution in [0.4, 0.5) is 15.2 Å². The maximum absolute atomic E-state index is 13.6. The summed E-state index contributed by atoms with van der Waals surface area (Å²) in [6.07, 6.45) is 2.92. The molecule has 0 unspecified atom stereocenters. The lowest BCUT2D eigenvalue weighted by molar-refractivity contribution is 0.622. The number of rotatable bonds is 6. The van der Waals surface area contributed by atoms with Crippen LogP contribution in [0.25, 0.3) is 0 Å². The summed E-state index contributed by atoms with van der Waals surface area (Å²) in [6.45, 7) is 3.70. The number of anilines is 2. The molecule has 19 heavy (non-hydrogen) atoms. The third-order valence-corrected chi connectivity index (χ3v) is 3.68. The molecule has 0 radical (unpaired) electrons. The lowest BCUT2D eigenvalue weighted by atomic mass is 10.3. The minimum atomic E-state index is -0.196. The molecule has 5 heteroatoms. The normalized spacial score (nSPS) is 10.5. The Morgan fingerprint density at radius 1 is 1.37 bits per heavy atom. The van der Waals surface area contributed by atoms with Gasteiger partial charge in [-0.3, -0.25) is 0 Å². The summed E-state index contributed by atoms with van der Waals surface area (Å²) in [5.41, 5.74) is 0.610. The van der Waals surface area contributed by atoms with E-state index in [2.05, 4.69) is 17.2 Å². The van der Waals surface area contributed by atoms with Gasteiger partial charge in [-0.1, -0.05) is 19.1 Å². The van der Waals surface area contributed by atoms with Crippen molar-refractivity contribution in [1.82, 2.24) is 4.98 Å². The summed E-state index contributed by atoms with van der Waals surface area (Å²) in [7, 11) is 1.89. The molecule has 0 amide bonds. The van der Waals surface area contributed by atoms with Crippen molar-refractivity contribution < 1.29 is 4.39 Å². The number of thiazole rings is 1. The van der Waals surface area contributed by atoms with Gasteiger partial charge in [-0.2, -0.15) is 0 Å². The third kappa shape index (κ3) is 3.67. The van der Waals surface area contributed by atoms with E-state index in [0.717, 1.165) is 23.0 Å². The van der Waals surface area contributed by atoms with Gasteiger partial charge in [0.2, 0.25) is 0 Å². The first-order valence-corrected chi connectivity index (χ1v) is 7.16. The SMILES string of the molecule is CCCNc1ncc(CN(C)c2ccccc2F)s1. The summed E-state index contributed by atoms with van der Waals surface area (Å²) >= 11 is 1.62. The summed E-state index contributed by atoms with van der Waals surface area (Å²) < 4.78 is 13.6. The second-order valence-electron chi connectivity index (χ2n) is 4.37. The quantitative estimate of drug-likeness (QED) is 0.873. The Morgan fingerprint density at radius 3 is 2.89 bits per heavy atom. The van der Waals surface area contributed by atoms with Crippen LogP contribution in [0, 0.1) is 5.82 Å². The van der Waals surface area contributed by atoms with Gasteiger partial charge in [0, 0.05) is 24.7 Å². The molecule has 0 bridgehead atoms. The van der Waals surface area contributed by atoms with Gasteiger partial charge in [-0.05, 0) is 18.6 Å². The Hall–Kier alpha value is -1.62. The maximum atomic E-state index is 13.6. The topological polar surface area (TPSA) is 28.2 Å². The maximum Gasteiger partial charge on any atom is 0.182 e. The van der Waals surface area contributed by atoms with Gasteiger partial charge < -0.3 is 10.2 Å². The van der Waals surface area contributed by atoms with E-state index >= 15 is 0 Å². The second-order valence-corrected chi connectivity index (χ2v) is 5.48. The first-order valence-electron chi connectivity index (χ1n) is 6.35. The van der Waals surface area contributed by atoms with Crippen molar-refractivity contribution in [1.29, 1.82) is 0 Å². The monoisotopic (exact) mass is 279 g/mol. The van der Waals surface area contributed by atoms with E-state index in [1.165, 1.54) is 6.07 Å². The van der Waals surface area contributed by atoms with Crippen molar-refractivity contribution >= 4 is 22.2 Å². The zero-order valence-corrected chi connectivity index (χ0v) is 12.0. The molecule has 2 aromatic rings. The van der Waals surface area contributed by atoms with Crippen molar-refractivity contribution in [2.45, 2.75) is 19.9 Å². The minimum Gasteiger partial charge on any atom is -0.367 e. The zero-order valence-electron chi connectivity index (χ0n) is 11.2. The second kappa shape index (κ2) is 6.52. The number of para-hydroxylation sites is 1. The molecule has 3 nitrogen and oxygen atoms in total. The van der Waals surface area contributed by atoms with Crippen LogP contribution in [0.15, 0.2) is 30.5 Å². The Balaban J connectivity index is 2.01. The van der Waals surface area contributed by atoms with Crippen LogP contribution < -0.4 is 10.2 Å². The average Bonchev–Trinajstić information content (AvgIpc) is 2.84. The summed E-state index contributed by atoms with van der Waals surface area (Å²) in [5.74, 6) is -0.196. The highest BCUT2D eigenvalue weighted by Crippen LogP contribution is 2.23. The molecule has 0 aliphatic carbocycles. The molecule has 1 aromatic carbocycles. The van der Waals surface area contributed by atoms with Crippen LogP contribution in [-0.2, 0) is 6.54 Å². The summed E-state index contributed by atoms with van der Waals surface area (Å²) in [5, 5.41) is 4.18. The number of hydrogen-bond acceptors (Lipinski definition) is 4. The number of hydrogen-bond donors (Lipinski definition) is 1. The van der Waals surface area contributed by atoms with E-state index in [9.17, 15) is 4.39 Å². The number of benzene rings is 1. The molecule has 102 valence electrons. The molecule has 0 atom stereocenters. The standard InChI is InChI=1S/C14H18FN3S/c1-3-8-16-14-17-9-11(19-14)10-18(2)13-7-5-4-6-12(13)15/h4-7,9H,3,8,10H2,1-2H3,(H,16,17). The fourth-order valence-electron chi connectivity index (χ4n) is 1.77. The van der Waals surface area contributed by atoms with Gasteiger partial charge in [0.25, 0.3) is 0 Å². The van der Waals surface area contributed by atoms with Crippen molar-refractivity contribution in [3.05, 3.63) is 41.2 Å². The molecule has 1 heterocycles. The number of aromatic nitrogens is 1. The molecule has 0 saturated heterocycles. The third-order valence-electron chi connectivity index (χ3n) is 2.74. The molecular weight excluding hydrogens is 261 g/mol. The number of nitrogens with one attached hydrogen (secondary N) is 1. The summed E-state index contributed by atoms with van der Waals surface area (Å²) in [6, 6.07) is 6.81.